The lowest BCUT2D eigenvalue weighted by atomic mass is 10.00. The second kappa shape index (κ2) is 5.75. The van der Waals surface area contributed by atoms with E-state index in [4.69, 9.17) is 5.11 Å². The van der Waals surface area contributed by atoms with Crippen molar-refractivity contribution < 1.29 is 14.7 Å². The zero-order valence-corrected chi connectivity index (χ0v) is 7.67. The SMILES string of the molecule is CC(=O)CCCC(C)CC(=O)O. The van der Waals surface area contributed by atoms with E-state index in [0.29, 0.717) is 6.42 Å². The Bertz CT molecular complexity index is 163. The van der Waals surface area contributed by atoms with Gasteiger partial charge in [0.1, 0.15) is 5.78 Å². The molecule has 1 unspecified atom stereocenters. The van der Waals surface area contributed by atoms with Gasteiger partial charge in [0.2, 0.25) is 0 Å². The molecular weight excluding hydrogens is 156 g/mol. The molecule has 12 heavy (non-hydrogen) atoms. The summed E-state index contributed by atoms with van der Waals surface area (Å²) in [5.74, 6) is -0.398. The highest BCUT2D eigenvalue weighted by atomic mass is 16.4. The maximum Gasteiger partial charge on any atom is 0.303 e. The Kier molecular flexibility index (Phi) is 5.34. The van der Waals surface area contributed by atoms with Crippen LogP contribution in [0.25, 0.3) is 0 Å². The Labute approximate surface area is 72.8 Å². The van der Waals surface area contributed by atoms with Gasteiger partial charge in [-0.3, -0.25) is 4.79 Å². The van der Waals surface area contributed by atoms with E-state index in [0.717, 1.165) is 12.8 Å². The molecule has 0 fully saturated rings. The normalized spacial score (nSPS) is 12.5. The summed E-state index contributed by atoms with van der Waals surface area (Å²) in [6.45, 7) is 3.45. The summed E-state index contributed by atoms with van der Waals surface area (Å²) in [7, 11) is 0. The van der Waals surface area contributed by atoms with Gasteiger partial charge in [-0.2, -0.15) is 0 Å². The van der Waals surface area contributed by atoms with Crippen molar-refractivity contribution >= 4 is 11.8 Å². The van der Waals surface area contributed by atoms with Crippen molar-refractivity contribution in [3.63, 3.8) is 0 Å². The fourth-order valence-corrected chi connectivity index (χ4v) is 1.10. The van der Waals surface area contributed by atoms with E-state index < -0.39 is 5.97 Å². The molecule has 70 valence electrons. The van der Waals surface area contributed by atoms with Crippen LogP contribution in [0, 0.1) is 5.92 Å². The van der Waals surface area contributed by atoms with Crippen molar-refractivity contribution in [2.75, 3.05) is 0 Å². The second-order valence-corrected chi connectivity index (χ2v) is 3.30. The van der Waals surface area contributed by atoms with E-state index in [1.54, 1.807) is 6.92 Å². The molecule has 0 radical (unpaired) electrons. The molecule has 0 aromatic rings. The Balaban J connectivity index is 3.37. The van der Waals surface area contributed by atoms with Gasteiger partial charge in [-0.1, -0.05) is 6.92 Å². The van der Waals surface area contributed by atoms with E-state index in [1.807, 2.05) is 6.92 Å². The average molecular weight is 172 g/mol. The van der Waals surface area contributed by atoms with E-state index in [1.165, 1.54) is 0 Å². The third-order valence-corrected chi connectivity index (χ3v) is 1.75. The standard InChI is InChI=1S/C9H16O3/c1-7(6-9(11)12)4-3-5-8(2)10/h7H,3-6H2,1-2H3,(H,11,12). The Morgan fingerprint density at radius 2 is 2.00 bits per heavy atom. The molecule has 3 heteroatoms. The molecule has 1 atom stereocenters. The second-order valence-electron chi connectivity index (χ2n) is 3.30. The molecule has 0 saturated heterocycles. The first kappa shape index (κ1) is 11.1. The van der Waals surface area contributed by atoms with Crippen molar-refractivity contribution in [1.82, 2.24) is 0 Å². The molecular formula is C9H16O3. The van der Waals surface area contributed by atoms with Crippen molar-refractivity contribution in [3.8, 4) is 0 Å². The van der Waals surface area contributed by atoms with Crippen LogP contribution >= 0.6 is 0 Å². The van der Waals surface area contributed by atoms with Gasteiger partial charge < -0.3 is 9.90 Å². The molecule has 0 aromatic carbocycles. The number of carboxylic acid groups (broad SMARTS) is 1. The molecule has 0 aliphatic rings. The zero-order chi connectivity index (χ0) is 9.56. The van der Waals surface area contributed by atoms with Crippen LogP contribution in [0.4, 0.5) is 0 Å². The number of ketones is 1. The summed E-state index contributed by atoms with van der Waals surface area (Å²) in [4.78, 5) is 20.8. The van der Waals surface area contributed by atoms with Crippen LogP contribution in [0.1, 0.15) is 39.5 Å². The number of carboxylic acids is 1. The van der Waals surface area contributed by atoms with Crippen LogP contribution in [0.2, 0.25) is 0 Å². The Hall–Kier alpha value is -0.860. The van der Waals surface area contributed by atoms with E-state index in [9.17, 15) is 9.59 Å². The number of hydrogen-bond donors (Lipinski definition) is 1. The highest BCUT2D eigenvalue weighted by Crippen LogP contribution is 2.11. The molecule has 0 bridgehead atoms. The van der Waals surface area contributed by atoms with Gasteiger partial charge in [0.25, 0.3) is 0 Å². The summed E-state index contributed by atoms with van der Waals surface area (Å²) in [6.07, 6.45) is 2.41. The minimum absolute atomic E-state index is 0.178. The van der Waals surface area contributed by atoms with Crippen LogP contribution in [-0.2, 0) is 9.59 Å². The van der Waals surface area contributed by atoms with Gasteiger partial charge >= 0.3 is 5.97 Å². The summed E-state index contributed by atoms with van der Waals surface area (Å²) in [5.41, 5.74) is 0. The third kappa shape index (κ3) is 7.25. The van der Waals surface area contributed by atoms with Gasteiger partial charge in [-0.05, 0) is 25.7 Å². The molecule has 0 aromatic heterocycles. The molecule has 0 aliphatic carbocycles. The monoisotopic (exact) mass is 172 g/mol. The quantitative estimate of drug-likeness (QED) is 0.665. The molecule has 0 saturated carbocycles. The minimum atomic E-state index is -0.759. The van der Waals surface area contributed by atoms with Gasteiger partial charge in [0.15, 0.2) is 0 Å². The van der Waals surface area contributed by atoms with Crippen molar-refractivity contribution in [2.45, 2.75) is 39.5 Å². The van der Waals surface area contributed by atoms with Gasteiger partial charge in [0.05, 0.1) is 0 Å². The van der Waals surface area contributed by atoms with Crippen LogP contribution in [0.3, 0.4) is 0 Å². The lowest BCUT2D eigenvalue weighted by molar-refractivity contribution is -0.138. The lowest BCUT2D eigenvalue weighted by Gasteiger charge is -2.06. The first-order chi connectivity index (χ1) is 5.52. The fourth-order valence-electron chi connectivity index (χ4n) is 1.10. The average Bonchev–Trinajstić information content (AvgIpc) is 1.84. The summed E-state index contributed by atoms with van der Waals surface area (Å²) in [6, 6.07) is 0. The zero-order valence-electron chi connectivity index (χ0n) is 7.67. The number of hydrogen-bond acceptors (Lipinski definition) is 2. The van der Waals surface area contributed by atoms with Crippen molar-refractivity contribution in [1.29, 1.82) is 0 Å². The largest absolute Gasteiger partial charge is 0.481 e. The fraction of sp³-hybridized carbons (Fsp3) is 0.778. The predicted octanol–water partition coefficient (Wildman–Crippen LogP) is 1.86. The summed E-state index contributed by atoms with van der Waals surface area (Å²) < 4.78 is 0. The Morgan fingerprint density at radius 1 is 1.42 bits per heavy atom. The van der Waals surface area contributed by atoms with Gasteiger partial charge in [-0.15, -0.1) is 0 Å². The highest BCUT2D eigenvalue weighted by Gasteiger charge is 2.07. The predicted molar refractivity (Wildman–Crippen MR) is 45.9 cm³/mol. The number of Topliss-reactive ketones (excluding diaryl/α,β-unsaturated/α-hetero) is 1. The minimum Gasteiger partial charge on any atom is -0.481 e. The summed E-state index contributed by atoms with van der Waals surface area (Å²) >= 11 is 0. The highest BCUT2D eigenvalue weighted by molar-refractivity contribution is 5.75. The topological polar surface area (TPSA) is 54.4 Å². The number of rotatable bonds is 6. The maximum atomic E-state index is 10.5. The van der Waals surface area contributed by atoms with Crippen LogP contribution in [0.5, 0.6) is 0 Å². The lowest BCUT2D eigenvalue weighted by Crippen LogP contribution is -2.04. The molecule has 1 N–H and O–H groups in total. The number of aliphatic carboxylic acids is 1. The first-order valence-corrected chi connectivity index (χ1v) is 4.23. The van der Waals surface area contributed by atoms with Crippen LogP contribution in [-0.4, -0.2) is 16.9 Å². The smallest absolute Gasteiger partial charge is 0.303 e. The van der Waals surface area contributed by atoms with Gasteiger partial charge in [-0.25, -0.2) is 0 Å². The summed E-state index contributed by atoms with van der Waals surface area (Å²) in [5, 5.41) is 8.43. The van der Waals surface area contributed by atoms with Crippen molar-refractivity contribution in [2.24, 2.45) is 5.92 Å². The number of carbonyl (C=O) groups is 2. The molecule has 0 spiro atoms. The van der Waals surface area contributed by atoms with E-state index >= 15 is 0 Å². The van der Waals surface area contributed by atoms with Crippen LogP contribution < -0.4 is 0 Å². The molecule has 0 rings (SSSR count). The maximum absolute atomic E-state index is 10.5. The number of carbonyl (C=O) groups excluding carboxylic acids is 1. The molecule has 0 amide bonds. The van der Waals surface area contributed by atoms with E-state index in [2.05, 4.69) is 0 Å². The Morgan fingerprint density at radius 3 is 2.42 bits per heavy atom. The molecule has 0 aliphatic heterocycles. The van der Waals surface area contributed by atoms with E-state index in [-0.39, 0.29) is 18.1 Å². The molecule has 0 heterocycles. The molecule has 3 nitrogen and oxygen atoms in total. The van der Waals surface area contributed by atoms with Crippen molar-refractivity contribution in [3.05, 3.63) is 0 Å². The third-order valence-electron chi connectivity index (χ3n) is 1.75. The first-order valence-electron chi connectivity index (χ1n) is 4.23. The van der Waals surface area contributed by atoms with Gasteiger partial charge in [0, 0.05) is 12.8 Å². The van der Waals surface area contributed by atoms with Crippen LogP contribution in [0.15, 0.2) is 0 Å².